The molecule has 1 aliphatic carbocycles. The largest absolute Gasteiger partial charge is 0.490 e. The molecule has 5 heteroatoms. The molecule has 0 radical (unpaired) electrons. The molecule has 1 aliphatic rings. The van der Waals surface area contributed by atoms with Gasteiger partial charge in [-0.05, 0) is 55.0 Å². The van der Waals surface area contributed by atoms with Crippen LogP contribution in [0.2, 0.25) is 0 Å². The number of hydrogen-bond acceptors (Lipinski definition) is 4. The monoisotopic (exact) mass is 353 g/mol. The number of hydrogen-bond donors (Lipinski definition) is 2. The van der Waals surface area contributed by atoms with Crippen molar-refractivity contribution in [1.82, 2.24) is 15.6 Å². The molecule has 3 rings (SSSR count). The Morgan fingerprint density at radius 3 is 2.77 bits per heavy atom. The highest BCUT2D eigenvalue weighted by Crippen LogP contribution is 2.24. The van der Waals surface area contributed by atoms with Crippen LogP contribution in [-0.2, 0) is 17.9 Å². The molecule has 2 N–H and O–H groups in total. The molecule has 1 aromatic carbocycles. The molecule has 5 nitrogen and oxygen atoms in total. The summed E-state index contributed by atoms with van der Waals surface area (Å²) in [4.78, 5) is 15.9. The van der Waals surface area contributed by atoms with Crippen LogP contribution in [0.4, 0.5) is 0 Å². The Kier molecular flexibility index (Phi) is 7.02. The SMILES string of the molecule is O=C(CCNCc1cccc(OC2CCCC2)c1)NCc1cccnc1. The highest BCUT2D eigenvalue weighted by atomic mass is 16.5. The Morgan fingerprint density at radius 2 is 1.96 bits per heavy atom. The lowest BCUT2D eigenvalue weighted by Crippen LogP contribution is -2.27. The molecule has 1 heterocycles. The van der Waals surface area contributed by atoms with Gasteiger partial charge in [-0.25, -0.2) is 0 Å². The van der Waals surface area contributed by atoms with Gasteiger partial charge in [0, 0.05) is 38.4 Å². The van der Waals surface area contributed by atoms with E-state index in [2.05, 4.69) is 27.8 Å². The second kappa shape index (κ2) is 9.92. The Labute approximate surface area is 155 Å². The third-order valence-corrected chi connectivity index (χ3v) is 4.57. The third-order valence-electron chi connectivity index (χ3n) is 4.57. The van der Waals surface area contributed by atoms with E-state index in [1.165, 1.54) is 18.4 Å². The topological polar surface area (TPSA) is 63.2 Å². The fourth-order valence-electron chi connectivity index (χ4n) is 3.15. The van der Waals surface area contributed by atoms with Gasteiger partial charge in [0.2, 0.25) is 5.91 Å². The first-order valence-electron chi connectivity index (χ1n) is 9.41. The minimum Gasteiger partial charge on any atom is -0.490 e. The average Bonchev–Trinajstić information content (AvgIpc) is 3.18. The summed E-state index contributed by atoms with van der Waals surface area (Å²) in [6, 6.07) is 12.0. The molecule has 1 fully saturated rings. The Hall–Kier alpha value is -2.40. The van der Waals surface area contributed by atoms with Crippen molar-refractivity contribution in [3.8, 4) is 5.75 Å². The molecule has 0 atom stereocenters. The van der Waals surface area contributed by atoms with Crippen LogP contribution < -0.4 is 15.4 Å². The van der Waals surface area contributed by atoms with E-state index in [1.807, 2.05) is 24.3 Å². The zero-order chi connectivity index (χ0) is 18.0. The number of benzene rings is 1. The lowest BCUT2D eigenvalue weighted by molar-refractivity contribution is -0.121. The van der Waals surface area contributed by atoms with Crippen molar-refractivity contribution < 1.29 is 9.53 Å². The molecule has 1 aromatic heterocycles. The van der Waals surface area contributed by atoms with Crippen molar-refractivity contribution in [3.05, 3.63) is 59.9 Å². The molecule has 0 unspecified atom stereocenters. The molecule has 0 aliphatic heterocycles. The van der Waals surface area contributed by atoms with Gasteiger partial charge in [-0.15, -0.1) is 0 Å². The van der Waals surface area contributed by atoms with Crippen LogP contribution in [0, 0.1) is 0 Å². The summed E-state index contributed by atoms with van der Waals surface area (Å²) in [5.74, 6) is 0.991. The lowest BCUT2D eigenvalue weighted by Gasteiger charge is -2.14. The van der Waals surface area contributed by atoms with E-state index in [4.69, 9.17) is 4.74 Å². The Bertz CT molecular complexity index is 685. The van der Waals surface area contributed by atoms with Gasteiger partial charge in [-0.3, -0.25) is 9.78 Å². The van der Waals surface area contributed by atoms with E-state index < -0.39 is 0 Å². The number of pyridine rings is 1. The molecule has 26 heavy (non-hydrogen) atoms. The normalized spacial score (nSPS) is 14.3. The summed E-state index contributed by atoms with van der Waals surface area (Å²) < 4.78 is 6.04. The number of amides is 1. The van der Waals surface area contributed by atoms with Gasteiger partial charge in [-0.1, -0.05) is 18.2 Å². The van der Waals surface area contributed by atoms with E-state index in [0.29, 0.717) is 25.6 Å². The van der Waals surface area contributed by atoms with Gasteiger partial charge >= 0.3 is 0 Å². The number of nitrogens with zero attached hydrogens (tertiary/aromatic N) is 1. The minimum absolute atomic E-state index is 0.0414. The van der Waals surface area contributed by atoms with Crippen LogP contribution in [0.5, 0.6) is 5.75 Å². The van der Waals surface area contributed by atoms with E-state index in [-0.39, 0.29) is 5.91 Å². The molecule has 0 saturated heterocycles. The van der Waals surface area contributed by atoms with E-state index >= 15 is 0 Å². The third kappa shape index (κ3) is 6.15. The number of nitrogens with one attached hydrogen (secondary N) is 2. The van der Waals surface area contributed by atoms with Crippen LogP contribution in [0.3, 0.4) is 0 Å². The smallest absolute Gasteiger partial charge is 0.221 e. The summed E-state index contributed by atoms with van der Waals surface area (Å²) in [6.07, 6.45) is 9.19. The van der Waals surface area contributed by atoms with Gasteiger partial charge in [0.15, 0.2) is 0 Å². The number of carbonyl (C=O) groups is 1. The highest BCUT2D eigenvalue weighted by Gasteiger charge is 2.16. The second-order valence-electron chi connectivity index (χ2n) is 6.74. The first kappa shape index (κ1) is 18.4. The molecule has 0 spiro atoms. The number of ether oxygens (including phenoxy) is 1. The van der Waals surface area contributed by atoms with Crippen molar-refractivity contribution in [3.63, 3.8) is 0 Å². The van der Waals surface area contributed by atoms with E-state index in [9.17, 15) is 4.79 Å². The number of aromatic nitrogens is 1. The molecule has 138 valence electrons. The van der Waals surface area contributed by atoms with E-state index in [1.54, 1.807) is 12.4 Å². The van der Waals surface area contributed by atoms with Crippen LogP contribution in [0.15, 0.2) is 48.8 Å². The maximum atomic E-state index is 11.9. The van der Waals surface area contributed by atoms with Gasteiger partial charge in [-0.2, -0.15) is 0 Å². The summed E-state index contributed by atoms with van der Waals surface area (Å²) in [7, 11) is 0. The molecule has 0 bridgehead atoms. The maximum Gasteiger partial charge on any atom is 0.221 e. The predicted octanol–water partition coefficient (Wildman–Crippen LogP) is 3.20. The summed E-state index contributed by atoms with van der Waals surface area (Å²) >= 11 is 0. The number of rotatable bonds is 9. The first-order chi connectivity index (χ1) is 12.8. The zero-order valence-electron chi connectivity index (χ0n) is 15.1. The zero-order valence-corrected chi connectivity index (χ0v) is 15.1. The standard InChI is InChI=1S/C21H27N3O2/c25-21(24-16-18-6-4-11-22-15-18)10-12-23-14-17-5-3-9-20(13-17)26-19-7-1-2-8-19/h3-6,9,11,13,15,19,23H,1-2,7-8,10,12,14,16H2,(H,24,25). The second-order valence-corrected chi connectivity index (χ2v) is 6.74. The Balaban J connectivity index is 1.33. The molecule has 1 amide bonds. The highest BCUT2D eigenvalue weighted by molar-refractivity contribution is 5.76. The summed E-state index contributed by atoms with van der Waals surface area (Å²) in [5, 5.41) is 6.23. The molecule has 2 aromatic rings. The van der Waals surface area contributed by atoms with Crippen LogP contribution in [0.1, 0.15) is 43.2 Å². The van der Waals surface area contributed by atoms with Gasteiger partial charge in [0.05, 0.1) is 6.10 Å². The molecule has 1 saturated carbocycles. The molecular weight excluding hydrogens is 326 g/mol. The average molecular weight is 353 g/mol. The fraction of sp³-hybridized carbons (Fsp3) is 0.429. The van der Waals surface area contributed by atoms with Gasteiger partial charge in [0.25, 0.3) is 0 Å². The van der Waals surface area contributed by atoms with Crippen molar-refractivity contribution in [2.45, 2.75) is 51.3 Å². The quantitative estimate of drug-likeness (QED) is 0.680. The lowest BCUT2D eigenvalue weighted by atomic mass is 10.2. The van der Waals surface area contributed by atoms with Crippen LogP contribution in [0.25, 0.3) is 0 Å². The summed E-state index contributed by atoms with van der Waals surface area (Å²) in [5.41, 5.74) is 2.18. The Morgan fingerprint density at radius 1 is 1.12 bits per heavy atom. The van der Waals surface area contributed by atoms with Crippen LogP contribution in [-0.4, -0.2) is 23.5 Å². The minimum atomic E-state index is 0.0414. The van der Waals surface area contributed by atoms with Crippen LogP contribution >= 0.6 is 0 Å². The van der Waals surface area contributed by atoms with Crippen molar-refractivity contribution in [2.75, 3.05) is 6.54 Å². The van der Waals surface area contributed by atoms with E-state index in [0.717, 1.165) is 30.7 Å². The number of carbonyl (C=O) groups excluding carboxylic acids is 1. The maximum absolute atomic E-state index is 11.9. The predicted molar refractivity (Wildman–Crippen MR) is 102 cm³/mol. The first-order valence-corrected chi connectivity index (χ1v) is 9.41. The molecular formula is C21H27N3O2. The van der Waals surface area contributed by atoms with Crippen molar-refractivity contribution in [2.24, 2.45) is 0 Å². The van der Waals surface area contributed by atoms with Gasteiger partial charge < -0.3 is 15.4 Å². The van der Waals surface area contributed by atoms with Crippen molar-refractivity contribution >= 4 is 5.91 Å². The van der Waals surface area contributed by atoms with Gasteiger partial charge in [0.1, 0.15) is 5.75 Å². The fourth-order valence-corrected chi connectivity index (χ4v) is 3.15. The van der Waals surface area contributed by atoms with Crippen molar-refractivity contribution in [1.29, 1.82) is 0 Å². The summed E-state index contributed by atoms with van der Waals surface area (Å²) in [6.45, 7) is 1.90.